The van der Waals surface area contributed by atoms with Gasteiger partial charge in [-0.15, -0.1) is 0 Å². The quantitative estimate of drug-likeness (QED) is 0.845. The Morgan fingerprint density at radius 2 is 2.09 bits per heavy atom. The Kier molecular flexibility index (Phi) is 6.48. The van der Waals surface area contributed by atoms with Crippen LogP contribution in [0.4, 0.5) is 9.18 Å². The van der Waals surface area contributed by atoms with Crippen molar-refractivity contribution in [1.29, 1.82) is 0 Å². The minimum atomic E-state index is -0.698. The van der Waals surface area contributed by atoms with Gasteiger partial charge in [-0.25, -0.2) is 9.78 Å². The number of hydrogen-bond donors (Lipinski definition) is 1. The van der Waals surface area contributed by atoms with Gasteiger partial charge in [-0.05, 0) is 40.2 Å². The summed E-state index contributed by atoms with van der Waals surface area (Å²) in [6.07, 6.45) is 1.38. The molecular formula is C16H24FN3O3. The highest BCUT2D eigenvalue weighted by Gasteiger charge is 2.22. The lowest BCUT2D eigenvalue weighted by Gasteiger charge is -2.28. The third-order valence-corrected chi connectivity index (χ3v) is 3.18. The standard InChI is InChI=1S/C16H24FN3O3/c1-11(20(5)15(22)23-16(2,3)4)6-8-19-14(21)12-7-9-18-13(17)10-12/h7,9-11H,6,8H2,1-5H3,(H,19,21)/t11-/m1/s1. The van der Waals surface area contributed by atoms with Crippen LogP contribution in [0.25, 0.3) is 0 Å². The molecule has 1 rings (SSSR count). The molecule has 0 aliphatic heterocycles. The van der Waals surface area contributed by atoms with Crippen molar-refractivity contribution in [2.24, 2.45) is 0 Å². The van der Waals surface area contributed by atoms with Crippen molar-refractivity contribution in [2.45, 2.75) is 45.8 Å². The van der Waals surface area contributed by atoms with Crippen molar-refractivity contribution in [1.82, 2.24) is 15.2 Å². The zero-order valence-corrected chi connectivity index (χ0v) is 14.2. The fourth-order valence-corrected chi connectivity index (χ4v) is 1.75. The molecule has 0 saturated carbocycles. The van der Waals surface area contributed by atoms with Gasteiger partial charge in [-0.3, -0.25) is 4.79 Å². The van der Waals surface area contributed by atoms with Gasteiger partial charge < -0.3 is 15.0 Å². The second-order valence-corrected chi connectivity index (χ2v) is 6.35. The Hall–Kier alpha value is -2.18. The van der Waals surface area contributed by atoms with E-state index in [4.69, 9.17) is 4.74 Å². The summed E-state index contributed by atoms with van der Waals surface area (Å²) in [5.41, 5.74) is -0.337. The van der Waals surface area contributed by atoms with Crippen molar-refractivity contribution < 1.29 is 18.7 Å². The Balaban J connectivity index is 2.42. The normalized spacial score (nSPS) is 12.4. The van der Waals surface area contributed by atoms with Crippen LogP contribution in [0.3, 0.4) is 0 Å². The van der Waals surface area contributed by atoms with Crippen LogP contribution in [-0.2, 0) is 4.74 Å². The minimum absolute atomic E-state index is 0.112. The highest BCUT2D eigenvalue weighted by atomic mass is 19.1. The molecule has 1 aromatic rings. The van der Waals surface area contributed by atoms with Crippen LogP contribution in [0.5, 0.6) is 0 Å². The predicted octanol–water partition coefficient (Wildman–Crippen LogP) is 2.60. The third-order valence-electron chi connectivity index (χ3n) is 3.18. The molecule has 23 heavy (non-hydrogen) atoms. The molecule has 0 aromatic carbocycles. The zero-order chi connectivity index (χ0) is 17.6. The van der Waals surface area contributed by atoms with Crippen molar-refractivity contribution in [3.63, 3.8) is 0 Å². The van der Waals surface area contributed by atoms with Gasteiger partial charge in [0.05, 0.1) is 0 Å². The van der Waals surface area contributed by atoms with Crippen LogP contribution in [-0.4, -0.2) is 47.1 Å². The summed E-state index contributed by atoms with van der Waals surface area (Å²) in [7, 11) is 1.65. The van der Waals surface area contributed by atoms with Crippen LogP contribution in [0.1, 0.15) is 44.5 Å². The van der Waals surface area contributed by atoms with Crippen molar-refractivity contribution in [3.05, 3.63) is 29.8 Å². The van der Waals surface area contributed by atoms with E-state index >= 15 is 0 Å². The summed E-state index contributed by atoms with van der Waals surface area (Å²) in [6.45, 7) is 7.63. The Labute approximate surface area is 136 Å². The molecule has 1 atom stereocenters. The van der Waals surface area contributed by atoms with E-state index in [9.17, 15) is 14.0 Å². The fraction of sp³-hybridized carbons (Fsp3) is 0.562. The maximum atomic E-state index is 13.0. The van der Waals surface area contributed by atoms with E-state index in [0.717, 1.165) is 6.07 Å². The van der Waals surface area contributed by atoms with E-state index in [-0.39, 0.29) is 17.5 Å². The number of amides is 2. The summed E-state index contributed by atoms with van der Waals surface area (Å²) in [6, 6.07) is 2.40. The maximum absolute atomic E-state index is 13.0. The third kappa shape index (κ3) is 6.63. The number of nitrogens with zero attached hydrogens (tertiary/aromatic N) is 2. The summed E-state index contributed by atoms with van der Waals surface area (Å²) in [5.74, 6) is -1.07. The van der Waals surface area contributed by atoms with E-state index in [1.54, 1.807) is 27.8 Å². The largest absolute Gasteiger partial charge is 0.444 e. The smallest absolute Gasteiger partial charge is 0.410 e. The number of pyridine rings is 1. The summed E-state index contributed by atoms with van der Waals surface area (Å²) in [5, 5.41) is 2.69. The number of nitrogens with one attached hydrogen (secondary N) is 1. The molecule has 0 saturated heterocycles. The first-order valence-corrected chi connectivity index (χ1v) is 7.45. The molecule has 0 unspecified atom stereocenters. The second-order valence-electron chi connectivity index (χ2n) is 6.35. The van der Waals surface area contributed by atoms with Crippen LogP contribution in [0.2, 0.25) is 0 Å². The summed E-state index contributed by atoms with van der Waals surface area (Å²) in [4.78, 5) is 28.7. The highest BCUT2D eigenvalue weighted by molar-refractivity contribution is 5.93. The molecular weight excluding hydrogens is 301 g/mol. The summed E-state index contributed by atoms with van der Waals surface area (Å²) < 4.78 is 18.2. The van der Waals surface area contributed by atoms with E-state index in [2.05, 4.69) is 10.3 Å². The number of rotatable bonds is 5. The number of aromatic nitrogens is 1. The van der Waals surface area contributed by atoms with Crippen LogP contribution >= 0.6 is 0 Å². The minimum Gasteiger partial charge on any atom is -0.444 e. The van der Waals surface area contributed by atoms with E-state index < -0.39 is 17.6 Å². The number of hydrogen-bond acceptors (Lipinski definition) is 4. The first-order valence-electron chi connectivity index (χ1n) is 7.45. The second kappa shape index (κ2) is 7.89. The van der Waals surface area contributed by atoms with Gasteiger partial charge in [0, 0.05) is 37.5 Å². The van der Waals surface area contributed by atoms with Crippen molar-refractivity contribution >= 4 is 12.0 Å². The number of ether oxygens (including phenoxy) is 1. The van der Waals surface area contributed by atoms with Gasteiger partial charge in [-0.2, -0.15) is 4.39 Å². The average Bonchev–Trinajstić information content (AvgIpc) is 2.44. The fourth-order valence-electron chi connectivity index (χ4n) is 1.75. The van der Waals surface area contributed by atoms with E-state index in [1.165, 1.54) is 17.2 Å². The molecule has 0 fully saturated rings. The van der Waals surface area contributed by atoms with Gasteiger partial charge in [0.15, 0.2) is 0 Å². The van der Waals surface area contributed by atoms with E-state index in [0.29, 0.717) is 13.0 Å². The number of carbonyl (C=O) groups excluding carboxylic acids is 2. The molecule has 1 N–H and O–H groups in total. The summed E-state index contributed by atoms with van der Waals surface area (Å²) >= 11 is 0. The maximum Gasteiger partial charge on any atom is 0.410 e. The SMILES string of the molecule is C[C@H](CCNC(=O)c1ccnc(F)c1)N(C)C(=O)OC(C)(C)C. The van der Waals surface area contributed by atoms with Gasteiger partial charge in [0.25, 0.3) is 5.91 Å². The molecule has 1 aromatic heterocycles. The van der Waals surface area contributed by atoms with Crippen LogP contribution < -0.4 is 5.32 Å². The van der Waals surface area contributed by atoms with Gasteiger partial charge in [0.1, 0.15) is 5.60 Å². The van der Waals surface area contributed by atoms with Crippen molar-refractivity contribution in [2.75, 3.05) is 13.6 Å². The average molecular weight is 325 g/mol. The number of halogens is 1. The molecule has 6 nitrogen and oxygen atoms in total. The van der Waals surface area contributed by atoms with Gasteiger partial charge in [0.2, 0.25) is 5.95 Å². The first kappa shape index (κ1) is 18.9. The monoisotopic (exact) mass is 325 g/mol. The molecule has 128 valence electrons. The van der Waals surface area contributed by atoms with Crippen LogP contribution in [0, 0.1) is 5.95 Å². The number of carbonyl (C=O) groups is 2. The molecule has 7 heteroatoms. The van der Waals surface area contributed by atoms with E-state index in [1.807, 2.05) is 6.92 Å². The molecule has 0 aliphatic rings. The molecule has 0 spiro atoms. The van der Waals surface area contributed by atoms with Crippen molar-refractivity contribution in [3.8, 4) is 0 Å². The molecule has 0 aliphatic carbocycles. The molecule has 2 amide bonds. The van der Waals surface area contributed by atoms with Gasteiger partial charge >= 0.3 is 6.09 Å². The first-order chi connectivity index (χ1) is 10.6. The lowest BCUT2D eigenvalue weighted by molar-refractivity contribution is 0.0230. The molecule has 0 radical (unpaired) electrons. The van der Waals surface area contributed by atoms with Crippen LogP contribution in [0.15, 0.2) is 18.3 Å². The molecule has 1 heterocycles. The topological polar surface area (TPSA) is 71.5 Å². The lowest BCUT2D eigenvalue weighted by atomic mass is 10.2. The van der Waals surface area contributed by atoms with Gasteiger partial charge in [-0.1, -0.05) is 0 Å². The highest BCUT2D eigenvalue weighted by Crippen LogP contribution is 2.11. The zero-order valence-electron chi connectivity index (χ0n) is 14.2. The Morgan fingerprint density at radius 1 is 1.43 bits per heavy atom. The Morgan fingerprint density at radius 3 is 2.65 bits per heavy atom. The lowest BCUT2D eigenvalue weighted by Crippen LogP contribution is -2.41. The molecule has 0 bridgehead atoms. The predicted molar refractivity (Wildman–Crippen MR) is 84.6 cm³/mol. The Bertz CT molecular complexity index is 558.